The molecule has 0 fully saturated rings. The normalized spacial score (nSPS) is 10.7. The second kappa shape index (κ2) is 6.83. The molecule has 0 aliphatic heterocycles. The minimum Gasteiger partial charge on any atom is -0.490 e. The third-order valence-corrected chi connectivity index (χ3v) is 3.26. The third kappa shape index (κ3) is 3.90. The molecular formula is C13H11F2IN2O3. The van der Waals surface area contributed by atoms with Crippen LogP contribution < -0.4 is 15.0 Å². The van der Waals surface area contributed by atoms with E-state index in [9.17, 15) is 13.6 Å². The summed E-state index contributed by atoms with van der Waals surface area (Å²) in [6.45, 7) is -0.921. The largest absolute Gasteiger partial charge is 0.490 e. The molecule has 0 saturated carbocycles. The van der Waals surface area contributed by atoms with Crippen molar-refractivity contribution in [3.05, 3.63) is 38.3 Å². The van der Waals surface area contributed by atoms with E-state index in [4.69, 9.17) is 4.74 Å². The fourth-order valence-electron chi connectivity index (χ4n) is 1.64. The lowest BCUT2D eigenvalue weighted by molar-refractivity contribution is -0.0514. The molecule has 1 heterocycles. The van der Waals surface area contributed by atoms with Crippen LogP contribution in [0.5, 0.6) is 11.5 Å². The average molecular weight is 408 g/mol. The Hall–Kier alpha value is -1.71. The van der Waals surface area contributed by atoms with Gasteiger partial charge in [-0.05, 0) is 47.7 Å². The van der Waals surface area contributed by atoms with E-state index >= 15 is 0 Å². The highest BCUT2D eigenvalue weighted by Gasteiger charge is 2.13. The first-order valence-corrected chi connectivity index (χ1v) is 7.06. The smallest absolute Gasteiger partial charge is 0.387 e. The summed E-state index contributed by atoms with van der Waals surface area (Å²) in [7, 11) is 0. The predicted octanol–water partition coefficient (Wildman–Crippen LogP) is 3.04. The minimum absolute atomic E-state index is 0.0662. The third-order valence-electron chi connectivity index (χ3n) is 2.49. The molecular weight excluding hydrogens is 397 g/mol. The van der Waals surface area contributed by atoms with Gasteiger partial charge >= 0.3 is 6.61 Å². The minimum atomic E-state index is -2.94. The molecule has 112 valence electrons. The molecule has 0 aliphatic carbocycles. The first-order valence-electron chi connectivity index (χ1n) is 5.98. The van der Waals surface area contributed by atoms with Crippen LogP contribution in [0.25, 0.3) is 11.4 Å². The van der Waals surface area contributed by atoms with Crippen molar-refractivity contribution in [3.8, 4) is 22.9 Å². The van der Waals surface area contributed by atoms with E-state index in [0.717, 1.165) is 0 Å². The summed E-state index contributed by atoms with van der Waals surface area (Å²) in [6, 6.07) is 4.36. The molecule has 1 aromatic carbocycles. The quantitative estimate of drug-likeness (QED) is 0.773. The Bertz CT molecular complexity index is 691. The Balaban J connectivity index is 2.43. The second-order valence-corrected chi connectivity index (χ2v) is 5.04. The van der Waals surface area contributed by atoms with Crippen LogP contribution in [-0.2, 0) is 0 Å². The van der Waals surface area contributed by atoms with Crippen molar-refractivity contribution in [1.82, 2.24) is 9.97 Å². The number of aromatic amines is 1. The van der Waals surface area contributed by atoms with Crippen molar-refractivity contribution in [2.75, 3.05) is 6.61 Å². The molecule has 0 aliphatic rings. The monoisotopic (exact) mass is 408 g/mol. The summed E-state index contributed by atoms with van der Waals surface area (Å²) in [5, 5.41) is 0. The van der Waals surface area contributed by atoms with Gasteiger partial charge in [0.2, 0.25) is 0 Å². The first kappa shape index (κ1) is 15.7. The predicted molar refractivity (Wildman–Crippen MR) is 80.8 cm³/mol. The van der Waals surface area contributed by atoms with Crippen LogP contribution in [0, 0.1) is 3.57 Å². The number of hydrogen-bond acceptors (Lipinski definition) is 4. The highest BCUT2D eigenvalue weighted by molar-refractivity contribution is 14.1. The van der Waals surface area contributed by atoms with Crippen LogP contribution in [-0.4, -0.2) is 23.2 Å². The van der Waals surface area contributed by atoms with E-state index in [1.165, 1.54) is 24.4 Å². The maximum absolute atomic E-state index is 12.3. The molecule has 8 heteroatoms. The van der Waals surface area contributed by atoms with Crippen molar-refractivity contribution in [3.63, 3.8) is 0 Å². The van der Waals surface area contributed by atoms with Gasteiger partial charge in [0, 0.05) is 11.8 Å². The second-order valence-electron chi connectivity index (χ2n) is 3.88. The van der Waals surface area contributed by atoms with Crippen molar-refractivity contribution < 1.29 is 18.3 Å². The molecule has 0 bridgehead atoms. The Morgan fingerprint density at radius 2 is 2.14 bits per heavy atom. The number of halogens is 3. The molecule has 0 amide bonds. The fourth-order valence-corrected chi connectivity index (χ4v) is 1.92. The van der Waals surface area contributed by atoms with Gasteiger partial charge in [0.25, 0.3) is 5.56 Å². The van der Waals surface area contributed by atoms with Gasteiger partial charge in [-0.1, -0.05) is 0 Å². The fraction of sp³-hybridized carbons (Fsp3) is 0.231. The first-order chi connectivity index (χ1) is 10.0. The zero-order chi connectivity index (χ0) is 15.4. The Labute approximate surface area is 132 Å². The lowest BCUT2D eigenvalue weighted by Crippen LogP contribution is -2.11. The number of ether oxygens (including phenoxy) is 2. The highest BCUT2D eigenvalue weighted by atomic mass is 127. The lowest BCUT2D eigenvalue weighted by Gasteiger charge is -2.12. The number of H-pyrrole nitrogens is 1. The Morgan fingerprint density at radius 1 is 1.38 bits per heavy atom. The van der Waals surface area contributed by atoms with E-state index in [1.807, 2.05) is 22.6 Å². The van der Waals surface area contributed by atoms with Gasteiger partial charge in [-0.25, -0.2) is 4.98 Å². The van der Waals surface area contributed by atoms with E-state index in [1.54, 1.807) is 6.92 Å². The molecule has 5 nitrogen and oxygen atoms in total. The van der Waals surface area contributed by atoms with Crippen LogP contribution in [0.1, 0.15) is 6.92 Å². The number of nitrogens with zero attached hydrogens (tertiary/aromatic N) is 1. The molecule has 1 N–H and O–H groups in total. The number of aromatic nitrogens is 2. The highest BCUT2D eigenvalue weighted by Crippen LogP contribution is 2.32. The van der Waals surface area contributed by atoms with E-state index < -0.39 is 6.61 Å². The van der Waals surface area contributed by atoms with Gasteiger partial charge in [-0.3, -0.25) is 4.79 Å². The summed E-state index contributed by atoms with van der Waals surface area (Å²) < 4.78 is 34.8. The summed E-state index contributed by atoms with van der Waals surface area (Å²) in [5.41, 5.74) is 0.264. The van der Waals surface area contributed by atoms with Gasteiger partial charge in [0.15, 0.2) is 11.5 Å². The van der Waals surface area contributed by atoms with E-state index in [-0.39, 0.29) is 17.1 Å². The van der Waals surface area contributed by atoms with E-state index in [2.05, 4.69) is 14.7 Å². The molecule has 2 rings (SSSR count). The SMILES string of the molecule is CCOc1cc(-c2ncc(I)c(=O)[nH]2)ccc1OC(F)F. The van der Waals surface area contributed by atoms with Gasteiger partial charge in [-0.2, -0.15) is 8.78 Å². The maximum Gasteiger partial charge on any atom is 0.387 e. The lowest BCUT2D eigenvalue weighted by atomic mass is 10.2. The van der Waals surface area contributed by atoms with E-state index in [0.29, 0.717) is 21.6 Å². The summed E-state index contributed by atoms with van der Waals surface area (Å²) >= 11 is 1.86. The number of alkyl halides is 2. The molecule has 0 atom stereocenters. The van der Waals surface area contributed by atoms with Crippen molar-refractivity contribution in [2.45, 2.75) is 13.5 Å². The zero-order valence-electron chi connectivity index (χ0n) is 10.9. The summed E-state index contributed by atoms with van der Waals surface area (Å²) in [6.07, 6.45) is 1.43. The van der Waals surface area contributed by atoms with Crippen molar-refractivity contribution in [2.24, 2.45) is 0 Å². The number of rotatable bonds is 5. The molecule has 21 heavy (non-hydrogen) atoms. The molecule has 2 aromatic rings. The number of benzene rings is 1. The van der Waals surface area contributed by atoms with Gasteiger partial charge in [-0.15, -0.1) is 0 Å². The summed E-state index contributed by atoms with van der Waals surface area (Å²) in [5.74, 6) is 0.421. The van der Waals surface area contributed by atoms with Gasteiger partial charge in [0.1, 0.15) is 5.82 Å². The van der Waals surface area contributed by atoms with Crippen LogP contribution in [0.4, 0.5) is 8.78 Å². The molecule has 0 spiro atoms. The van der Waals surface area contributed by atoms with Crippen molar-refractivity contribution >= 4 is 22.6 Å². The van der Waals surface area contributed by atoms with Gasteiger partial charge < -0.3 is 14.5 Å². The number of hydrogen-bond donors (Lipinski definition) is 1. The molecule has 0 saturated heterocycles. The van der Waals surface area contributed by atoms with Crippen LogP contribution in [0.15, 0.2) is 29.2 Å². The number of nitrogens with one attached hydrogen (secondary N) is 1. The zero-order valence-corrected chi connectivity index (χ0v) is 13.1. The summed E-state index contributed by atoms with van der Waals surface area (Å²) in [4.78, 5) is 18.3. The van der Waals surface area contributed by atoms with Gasteiger partial charge in [0.05, 0.1) is 10.2 Å². The Morgan fingerprint density at radius 3 is 2.76 bits per heavy atom. The van der Waals surface area contributed by atoms with Crippen molar-refractivity contribution in [1.29, 1.82) is 0 Å². The van der Waals surface area contributed by atoms with Crippen LogP contribution >= 0.6 is 22.6 Å². The Kier molecular flexibility index (Phi) is 5.10. The van der Waals surface area contributed by atoms with Crippen LogP contribution in [0.3, 0.4) is 0 Å². The average Bonchev–Trinajstić information content (AvgIpc) is 2.43. The molecule has 1 aromatic heterocycles. The standard InChI is InChI=1S/C13H11F2IN2O3/c1-2-20-10-5-7(3-4-9(10)21-13(14)15)11-17-6-8(16)12(19)18-11/h3-6,13H,2H2,1H3,(H,17,18,19). The topological polar surface area (TPSA) is 64.2 Å². The van der Waals surface area contributed by atoms with Crippen LogP contribution in [0.2, 0.25) is 0 Å². The molecule has 0 radical (unpaired) electrons. The molecule has 0 unspecified atom stereocenters. The maximum atomic E-state index is 12.3.